The van der Waals surface area contributed by atoms with Crippen molar-refractivity contribution in [2.75, 3.05) is 13.3 Å². The molecular weight excluding hydrogens is 946 g/mol. The zero-order valence-corrected chi connectivity index (χ0v) is 46.5. The van der Waals surface area contributed by atoms with E-state index >= 15 is 0 Å². The summed E-state index contributed by atoms with van der Waals surface area (Å²) in [5, 5.41) is 4.62. The number of fused-ring (bicyclic) bond motifs is 3. The van der Waals surface area contributed by atoms with E-state index in [0.717, 1.165) is 74.3 Å². The molecule has 0 aromatic heterocycles. The molecule has 3 atom stereocenters. The van der Waals surface area contributed by atoms with Crippen LogP contribution in [0.2, 0.25) is 0 Å². The first-order valence-electron chi connectivity index (χ1n) is 25.9. The van der Waals surface area contributed by atoms with Crippen molar-refractivity contribution in [2.45, 2.75) is 85.0 Å². The first-order valence-corrected chi connectivity index (χ1v) is 31.2. The smallest absolute Gasteiger partial charge is 0.142 e. The van der Waals surface area contributed by atoms with Crippen LogP contribution < -0.4 is 14.6 Å². The summed E-state index contributed by atoms with van der Waals surface area (Å²) in [6, 6.07) is 37.9. The number of allylic oxidation sites excluding steroid dienone is 10. The predicted molar refractivity (Wildman–Crippen MR) is 321 cm³/mol. The second kappa shape index (κ2) is 21.8. The molecule has 4 aliphatic rings. The van der Waals surface area contributed by atoms with Crippen molar-refractivity contribution in [1.82, 2.24) is 0 Å². The molecule has 368 valence electrons. The van der Waals surface area contributed by atoms with Gasteiger partial charge in [0, 0.05) is 27.7 Å². The lowest BCUT2D eigenvalue weighted by Gasteiger charge is -2.38. The highest BCUT2D eigenvalue weighted by Gasteiger charge is 2.41. The van der Waals surface area contributed by atoms with E-state index in [9.17, 15) is 0 Å². The summed E-state index contributed by atoms with van der Waals surface area (Å²) in [6.07, 6.45) is 32.0. The molecule has 0 amide bonds. The largest absolute Gasteiger partial charge is 0.469 e. The van der Waals surface area contributed by atoms with Gasteiger partial charge in [0.05, 0.1) is 10.6 Å². The van der Waals surface area contributed by atoms with Crippen LogP contribution in [0.3, 0.4) is 0 Å². The standard InChI is InChI=1S/C67H67O3P3/c1-10-24-52-46(12-3)38-40-54(48-29-22-30-48)63(52)64-53-34-19-17-28-49(53)39-41-59(64)69-72(9)60-37-21-20-36-56-65(60)68-66-57(67(56,6)7)42-44(4)43-61(66)73(71-8)70-58(25-11-2)62(50-32-18-16-26-45(50)5)55-35-23-31-47-27-14-13-15-33-51(47)55/h10-12,14-20,23-28,31-43,48,71H,3,13,21-22,29-30H2,1-2,4-9H3/b24-10-,25-11-,62-58-. The second-order valence-corrected chi connectivity index (χ2v) is 25.9. The number of benzene rings is 6. The number of rotatable bonds is 14. The molecule has 0 radical (unpaired) electrons. The Morgan fingerprint density at radius 2 is 1.60 bits per heavy atom. The molecule has 1 heterocycles. The van der Waals surface area contributed by atoms with Gasteiger partial charge in [0.2, 0.25) is 0 Å². The topological polar surface area (TPSA) is 27.7 Å². The van der Waals surface area contributed by atoms with Gasteiger partial charge in [-0.1, -0.05) is 193 Å². The van der Waals surface area contributed by atoms with Crippen molar-refractivity contribution < 1.29 is 13.8 Å². The molecule has 3 nitrogen and oxygen atoms in total. The minimum atomic E-state index is -1.25. The van der Waals surface area contributed by atoms with Gasteiger partial charge in [-0.3, -0.25) is 0 Å². The van der Waals surface area contributed by atoms with Crippen molar-refractivity contribution in [3.8, 4) is 22.6 Å². The fourth-order valence-electron chi connectivity index (χ4n) is 11.0. The van der Waals surface area contributed by atoms with Gasteiger partial charge in [0.15, 0.2) is 0 Å². The molecule has 6 aromatic carbocycles. The van der Waals surface area contributed by atoms with Crippen molar-refractivity contribution in [2.24, 2.45) is 0 Å². The molecule has 1 aliphatic heterocycles. The van der Waals surface area contributed by atoms with Gasteiger partial charge in [-0.15, -0.1) is 0 Å². The highest BCUT2D eigenvalue weighted by atomic mass is 32.1. The Bertz CT molecular complexity index is 3400. The molecule has 6 aromatic rings. The summed E-state index contributed by atoms with van der Waals surface area (Å²) in [7, 11) is -1.99. The van der Waals surface area contributed by atoms with Gasteiger partial charge in [0.1, 0.15) is 39.0 Å². The third-order valence-corrected chi connectivity index (χ3v) is 20.3. The number of hydrogen-bond donors (Lipinski definition) is 0. The van der Waals surface area contributed by atoms with Gasteiger partial charge in [-0.2, -0.15) is 0 Å². The van der Waals surface area contributed by atoms with Crippen LogP contribution in [0.4, 0.5) is 0 Å². The molecule has 1 saturated carbocycles. The molecule has 10 rings (SSSR count). The zero-order chi connectivity index (χ0) is 50.8. The molecule has 0 spiro atoms. The Balaban J connectivity index is 1.09. The summed E-state index contributed by atoms with van der Waals surface area (Å²) in [5.74, 6) is 4.07. The number of aryl methyl sites for hydroxylation is 2. The summed E-state index contributed by atoms with van der Waals surface area (Å²) < 4.78 is 22.7. The Hall–Kier alpha value is -6.07. The van der Waals surface area contributed by atoms with E-state index in [1.54, 1.807) is 0 Å². The molecule has 3 aliphatic carbocycles. The fraction of sp³-hybridized carbons (Fsp3) is 0.224. The molecule has 0 N–H and O–H groups in total. The SMILES string of the molecule is C=Cc1ccc(C2CCC2)c(-c2c(OP(C)C3=CCC=CC4=C3Oc3c(P(OC(/C=C\C)=C(/c5ccccc5C)c5cccc6c5C=CCC=C6)PC)cc(C)cc3C4(C)C)ccc3ccccc23)c1/C=C\C. The van der Waals surface area contributed by atoms with E-state index in [-0.39, 0.29) is 5.41 Å². The first kappa shape index (κ1) is 50.5. The van der Waals surface area contributed by atoms with Crippen molar-refractivity contribution >= 4 is 70.2 Å². The van der Waals surface area contributed by atoms with E-state index in [1.807, 2.05) is 6.08 Å². The van der Waals surface area contributed by atoms with E-state index in [0.29, 0.717) is 14.2 Å². The molecule has 0 saturated heterocycles. The third kappa shape index (κ3) is 9.67. The van der Waals surface area contributed by atoms with E-state index in [1.165, 1.54) is 80.1 Å². The summed E-state index contributed by atoms with van der Waals surface area (Å²) in [5.41, 5.74) is 16.3. The highest BCUT2D eigenvalue weighted by molar-refractivity contribution is 8.22. The van der Waals surface area contributed by atoms with Crippen molar-refractivity contribution in [1.29, 1.82) is 0 Å². The lowest BCUT2D eigenvalue weighted by molar-refractivity contribution is 0.387. The zero-order valence-electron chi connectivity index (χ0n) is 43.7. The van der Waals surface area contributed by atoms with E-state index in [2.05, 4.69) is 231 Å². The van der Waals surface area contributed by atoms with Gasteiger partial charge >= 0.3 is 0 Å². The third-order valence-electron chi connectivity index (χ3n) is 15.0. The second-order valence-electron chi connectivity index (χ2n) is 20.0. The summed E-state index contributed by atoms with van der Waals surface area (Å²) in [4.78, 5) is 0. The van der Waals surface area contributed by atoms with Crippen molar-refractivity contribution in [3.63, 3.8) is 0 Å². The van der Waals surface area contributed by atoms with Crippen LogP contribution in [-0.4, -0.2) is 13.3 Å². The average Bonchev–Trinajstić information content (AvgIpc) is 3.76. The highest BCUT2D eigenvalue weighted by Crippen LogP contribution is 2.62. The van der Waals surface area contributed by atoms with E-state index in [4.69, 9.17) is 13.8 Å². The molecular formula is C67H67O3P3. The van der Waals surface area contributed by atoms with Gasteiger partial charge in [-0.25, -0.2) is 0 Å². The van der Waals surface area contributed by atoms with Crippen LogP contribution in [-0.2, 0) is 9.94 Å². The molecule has 1 fully saturated rings. The van der Waals surface area contributed by atoms with Crippen LogP contribution in [0.5, 0.6) is 11.5 Å². The number of ether oxygens (including phenoxy) is 1. The lowest BCUT2D eigenvalue weighted by atomic mass is 9.74. The summed E-state index contributed by atoms with van der Waals surface area (Å²) >= 11 is 0. The Morgan fingerprint density at radius 1 is 0.822 bits per heavy atom. The lowest BCUT2D eigenvalue weighted by Crippen LogP contribution is -2.30. The van der Waals surface area contributed by atoms with Gasteiger partial charge < -0.3 is 13.8 Å². The van der Waals surface area contributed by atoms with Crippen LogP contribution in [0.25, 0.3) is 51.8 Å². The normalized spacial score (nSPS) is 17.3. The van der Waals surface area contributed by atoms with Crippen LogP contribution in [0, 0.1) is 13.8 Å². The molecule has 6 heteroatoms. The molecule has 3 unspecified atom stereocenters. The molecule has 0 bridgehead atoms. The Labute approximate surface area is 438 Å². The van der Waals surface area contributed by atoms with Crippen LogP contribution >= 0.6 is 24.3 Å². The maximum Gasteiger partial charge on any atom is 0.142 e. The minimum absolute atomic E-state index is 0.383. The predicted octanol–water partition coefficient (Wildman–Crippen LogP) is 19.7. The van der Waals surface area contributed by atoms with Crippen LogP contribution in [0.1, 0.15) is 121 Å². The van der Waals surface area contributed by atoms with Gasteiger partial charge in [-0.05, 0) is 157 Å². The maximum absolute atomic E-state index is 7.62. The monoisotopic (exact) mass is 1010 g/mol. The maximum atomic E-state index is 7.62. The van der Waals surface area contributed by atoms with E-state index < -0.39 is 16.0 Å². The van der Waals surface area contributed by atoms with Crippen LogP contribution in [0.15, 0.2) is 181 Å². The Morgan fingerprint density at radius 3 is 2.37 bits per heavy atom. The first-order chi connectivity index (χ1) is 35.6. The Kier molecular flexibility index (Phi) is 15.1. The quantitative estimate of drug-likeness (QED) is 0.0618. The fourth-order valence-corrected chi connectivity index (χ4v) is 15.6. The minimum Gasteiger partial charge on any atom is -0.469 e. The molecule has 73 heavy (non-hydrogen) atoms. The van der Waals surface area contributed by atoms with Gasteiger partial charge in [0.25, 0.3) is 0 Å². The van der Waals surface area contributed by atoms with Crippen molar-refractivity contribution in [3.05, 3.63) is 236 Å². The number of hydrogen-bond acceptors (Lipinski definition) is 3. The average molecular weight is 1010 g/mol. The summed E-state index contributed by atoms with van der Waals surface area (Å²) in [6.45, 7) is 22.2.